The van der Waals surface area contributed by atoms with E-state index in [2.05, 4.69) is 10.3 Å². The molecule has 16 heavy (non-hydrogen) atoms. The summed E-state index contributed by atoms with van der Waals surface area (Å²) in [4.78, 5) is 15.8. The van der Waals surface area contributed by atoms with Gasteiger partial charge in [-0.15, -0.1) is 0 Å². The fourth-order valence-corrected chi connectivity index (χ4v) is 1.66. The Hall–Kier alpha value is -1.36. The number of hydrogen-bond donors (Lipinski definition) is 1. The van der Waals surface area contributed by atoms with Crippen LogP contribution in [0.15, 0.2) is 6.20 Å². The standard InChI is InChI=1S/C11H19N3O2/c1-5-12-10(11(15)16-4)7-14-6-8(2)13-9(14)3/h6,10,12H,5,7H2,1-4H3. The number of esters is 1. The number of imidazole rings is 1. The van der Waals surface area contributed by atoms with Crippen LogP contribution in [0.25, 0.3) is 0 Å². The van der Waals surface area contributed by atoms with E-state index in [-0.39, 0.29) is 12.0 Å². The number of aromatic nitrogens is 2. The number of nitrogens with zero attached hydrogens (tertiary/aromatic N) is 2. The van der Waals surface area contributed by atoms with Crippen molar-refractivity contribution in [3.8, 4) is 0 Å². The molecule has 1 aromatic rings. The Morgan fingerprint density at radius 3 is 2.75 bits per heavy atom. The van der Waals surface area contributed by atoms with E-state index in [0.717, 1.165) is 18.1 Å². The molecule has 1 atom stereocenters. The molecule has 0 aliphatic heterocycles. The number of ether oxygens (including phenoxy) is 1. The van der Waals surface area contributed by atoms with E-state index >= 15 is 0 Å². The van der Waals surface area contributed by atoms with Crippen molar-refractivity contribution in [2.24, 2.45) is 0 Å². The van der Waals surface area contributed by atoms with Crippen LogP contribution < -0.4 is 5.32 Å². The van der Waals surface area contributed by atoms with Crippen molar-refractivity contribution in [2.45, 2.75) is 33.4 Å². The van der Waals surface area contributed by atoms with Crippen molar-refractivity contribution in [3.63, 3.8) is 0 Å². The topological polar surface area (TPSA) is 56.2 Å². The molecule has 1 unspecified atom stereocenters. The Bertz CT molecular complexity index is 360. The highest BCUT2D eigenvalue weighted by Gasteiger charge is 2.19. The monoisotopic (exact) mass is 225 g/mol. The average molecular weight is 225 g/mol. The van der Waals surface area contributed by atoms with Crippen LogP contribution in [0.4, 0.5) is 0 Å². The Kier molecular flexibility index (Phi) is 4.49. The van der Waals surface area contributed by atoms with Gasteiger partial charge in [0.15, 0.2) is 0 Å². The zero-order valence-electron chi connectivity index (χ0n) is 10.3. The summed E-state index contributed by atoms with van der Waals surface area (Å²) in [5, 5.41) is 3.10. The third kappa shape index (κ3) is 3.06. The second-order valence-electron chi connectivity index (χ2n) is 3.72. The van der Waals surface area contributed by atoms with Crippen LogP contribution >= 0.6 is 0 Å². The highest BCUT2D eigenvalue weighted by Crippen LogP contribution is 2.03. The van der Waals surface area contributed by atoms with Crippen molar-refractivity contribution >= 4 is 5.97 Å². The molecule has 0 amide bonds. The quantitative estimate of drug-likeness (QED) is 0.748. The third-order valence-electron chi connectivity index (χ3n) is 2.41. The Morgan fingerprint density at radius 1 is 1.62 bits per heavy atom. The predicted molar refractivity (Wildman–Crippen MR) is 61.2 cm³/mol. The van der Waals surface area contributed by atoms with Crippen molar-refractivity contribution in [1.29, 1.82) is 0 Å². The second kappa shape index (κ2) is 5.65. The Labute approximate surface area is 95.8 Å². The summed E-state index contributed by atoms with van der Waals surface area (Å²) in [6, 6.07) is -0.317. The molecule has 5 nitrogen and oxygen atoms in total. The van der Waals surface area contributed by atoms with Crippen LogP contribution in [0.1, 0.15) is 18.4 Å². The minimum Gasteiger partial charge on any atom is -0.468 e. The zero-order valence-corrected chi connectivity index (χ0v) is 10.3. The number of rotatable bonds is 5. The predicted octanol–water partition coefficient (Wildman–Crippen LogP) is 0.651. The number of likely N-dealkylation sites (N-methyl/N-ethyl adjacent to an activating group) is 1. The second-order valence-corrected chi connectivity index (χ2v) is 3.72. The van der Waals surface area contributed by atoms with Gasteiger partial charge >= 0.3 is 5.97 Å². The number of carbonyl (C=O) groups excluding carboxylic acids is 1. The first kappa shape index (κ1) is 12.7. The highest BCUT2D eigenvalue weighted by atomic mass is 16.5. The van der Waals surface area contributed by atoms with E-state index in [1.807, 2.05) is 31.5 Å². The molecule has 0 aliphatic carbocycles. The molecule has 0 fully saturated rings. The van der Waals surface area contributed by atoms with Crippen LogP contribution in [0.2, 0.25) is 0 Å². The van der Waals surface area contributed by atoms with Gasteiger partial charge in [-0.05, 0) is 20.4 Å². The molecule has 1 N–H and O–H groups in total. The normalized spacial score (nSPS) is 12.5. The van der Waals surface area contributed by atoms with Crippen molar-refractivity contribution in [1.82, 2.24) is 14.9 Å². The Balaban J connectivity index is 2.75. The summed E-state index contributed by atoms with van der Waals surface area (Å²) >= 11 is 0. The van der Waals surface area contributed by atoms with Gasteiger partial charge in [-0.3, -0.25) is 4.79 Å². The summed E-state index contributed by atoms with van der Waals surface area (Å²) in [5.41, 5.74) is 0.956. The van der Waals surface area contributed by atoms with Crippen LogP contribution in [0.3, 0.4) is 0 Å². The largest absolute Gasteiger partial charge is 0.468 e. The number of aryl methyl sites for hydroxylation is 2. The van der Waals surface area contributed by atoms with Crippen LogP contribution in [-0.2, 0) is 16.1 Å². The maximum absolute atomic E-state index is 11.5. The first-order chi connectivity index (χ1) is 7.58. The molecule has 0 bridgehead atoms. The molecular weight excluding hydrogens is 206 g/mol. The molecule has 1 heterocycles. The minimum absolute atomic E-state index is 0.243. The van der Waals surface area contributed by atoms with Gasteiger partial charge in [0.1, 0.15) is 11.9 Å². The number of carbonyl (C=O) groups is 1. The van der Waals surface area contributed by atoms with Gasteiger partial charge in [0.25, 0.3) is 0 Å². The molecule has 0 saturated carbocycles. The maximum Gasteiger partial charge on any atom is 0.324 e. The number of methoxy groups -OCH3 is 1. The van der Waals surface area contributed by atoms with E-state index in [1.165, 1.54) is 7.11 Å². The van der Waals surface area contributed by atoms with Crippen LogP contribution in [0, 0.1) is 13.8 Å². The van der Waals surface area contributed by atoms with Gasteiger partial charge in [-0.2, -0.15) is 0 Å². The summed E-state index contributed by atoms with van der Waals surface area (Å²) in [6.45, 7) is 7.10. The van der Waals surface area contributed by atoms with Gasteiger partial charge < -0.3 is 14.6 Å². The van der Waals surface area contributed by atoms with E-state index in [4.69, 9.17) is 4.74 Å². The molecule has 0 aromatic carbocycles. The lowest BCUT2D eigenvalue weighted by Gasteiger charge is -2.16. The molecule has 0 saturated heterocycles. The fraction of sp³-hybridized carbons (Fsp3) is 0.636. The SMILES string of the molecule is CCNC(Cn1cc(C)nc1C)C(=O)OC. The first-order valence-electron chi connectivity index (χ1n) is 5.40. The summed E-state index contributed by atoms with van der Waals surface area (Å²) in [6.07, 6.45) is 1.93. The lowest BCUT2D eigenvalue weighted by atomic mass is 10.3. The van der Waals surface area contributed by atoms with Crippen molar-refractivity contribution < 1.29 is 9.53 Å². The van der Waals surface area contributed by atoms with E-state index in [9.17, 15) is 4.79 Å². The Morgan fingerprint density at radius 2 is 2.31 bits per heavy atom. The van der Waals surface area contributed by atoms with Gasteiger partial charge in [0.05, 0.1) is 12.8 Å². The minimum atomic E-state index is -0.317. The average Bonchev–Trinajstić information content (AvgIpc) is 2.55. The van der Waals surface area contributed by atoms with E-state index < -0.39 is 0 Å². The summed E-state index contributed by atoms with van der Waals surface area (Å²) in [7, 11) is 1.40. The summed E-state index contributed by atoms with van der Waals surface area (Å²) in [5.74, 6) is 0.664. The van der Waals surface area contributed by atoms with Gasteiger partial charge in [0, 0.05) is 12.7 Å². The van der Waals surface area contributed by atoms with E-state index in [1.54, 1.807) is 0 Å². The van der Waals surface area contributed by atoms with E-state index in [0.29, 0.717) is 6.54 Å². The highest BCUT2D eigenvalue weighted by molar-refractivity contribution is 5.75. The van der Waals surface area contributed by atoms with Gasteiger partial charge in [0.2, 0.25) is 0 Å². The third-order valence-corrected chi connectivity index (χ3v) is 2.41. The molecular formula is C11H19N3O2. The lowest BCUT2D eigenvalue weighted by Crippen LogP contribution is -2.41. The number of hydrogen-bond acceptors (Lipinski definition) is 4. The first-order valence-corrected chi connectivity index (χ1v) is 5.40. The zero-order chi connectivity index (χ0) is 12.1. The molecule has 1 rings (SSSR count). The molecule has 1 aromatic heterocycles. The van der Waals surface area contributed by atoms with Crippen LogP contribution in [0.5, 0.6) is 0 Å². The smallest absolute Gasteiger partial charge is 0.324 e. The van der Waals surface area contributed by atoms with Gasteiger partial charge in [-0.25, -0.2) is 4.98 Å². The van der Waals surface area contributed by atoms with Crippen LogP contribution in [-0.4, -0.2) is 35.2 Å². The van der Waals surface area contributed by atoms with Crippen molar-refractivity contribution in [3.05, 3.63) is 17.7 Å². The molecule has 0 aliphatic rings. The van der Waals surface area contributed by atoms with Gasteiger partial charge in [-0.1, -0.05) is 6.92 Å². The van der Waals surface area contributed by atoms with Crippen molar-refractivity contribution in [2.75, 3.05) is 13.7 Å². The molecule has 0 spiro atoms. The molecule has 5 heteroatoms. The fourth-order valence-electron chi connectivity index (χ4n) is 1.66. The maximum atomic E-state index is 11.5. The summed E-state index contributed by atoms with van der Waals surface area (Å²) < 4.78 is 6.71. The molecule has 0 radical (unpaired) electrons. The molecule has 90 valence electrons. The lowest BCUT2D eigenvalue weighted by molar-refractivity contribution is -0.143. The number of nitrogens with one attached hydrogen (secondary N) is 1.